The summed E-state index contributed by atoms with van der Waals surface area (Å²) in [4.78, 5) is 11.9. The number of benzene rings is 2. The summed E-state index contributed by atoms with van der Waals surface area (Å²) < 4.78 is 49.3. The summed E-state index contributed by atoms with van der Waals surface area (Å²) in [5.41, 5.74) is 0.213. The first-order valence-electron chi connectivity index (χ1n) is 9.57. The number of nitrogens with one attached hydrogen (secondary N) is 1. The van der Waals surface area contributed by atoms with Crippen LogP contribution >= 0.6 is 0 Å². The van der Waals surface area contributed by atoms with Gasteiger partial charge >= 0.3 is 12.1 Å². The molecule has 0 saturated carbocycles. The Kier molecular flexibility index (Phi) is 6.79. The molecular formula is C22H24F3NO3. The second kappa shape index (κ2) is 9.31. The first-order valence-corrected chi connectivity index (χ1v) is 9.57. The number of carbonyl (C=O) groups is 1. The fourth-order valence-corrected chi connectivity index (χ4v) is 3.63. The molecule has 1 saturated heterocycles. The molecule has 2 aromatic rings. The lowest BCUT2D eigenvalue weighted by atomic mass is 9.88. The fourth-order valence-electron chi connectivity index (χ4n) is 3.63. The predicted molar refractivity (Wildman–Crippen MR) is 102 cm³/mol. The lowest BCUT2D eigenvalue weighted by Gasteiger charge is -2.31. The third-order valence-electron chi connectivity index (χ3n) is 5.16. The number of rotatable bonds is 6. The zero-order chi connectivity index (χ0) is 20.9. The van der Waals surface area contributed by atoms with Crippen molar-refractivity contribution < 1.29 is 27.4 Å². The van der Waals surface area contributed by atoms with Crippen LogP contribution in [0.4, 0.5) is 13.2 Å². The number of alkyl halides is 3. The average Bonchev–Trinajstić information content (AvgIpc) is 2.73. The Balaban J connectivity index is 1.74. The van der Waals surface area contributed by atoms with Gasteiger partial charge in [-0.1, -0.05) is 30.3 Å². The topological polar surface area (TPSA) is 47.6 Å². The highest BCUT2D eigenvalue weighted by Gasteiger charge is 2.31. The summed E-state index contributed by atoms with van der Waals surface area (Å²) in [6.45, 7) is 0.701. The second-order valence-electron chi connectivity index (χ2n) is 7.17. The molecule has 3 unspecified atom stereocenters. The van der Waals surface area contributed by atoms with Gasteiger partial charge in [0.25, 0.3) is 0 Å². The molecule has 3 atom stereocenters. The van der Waals surface area contributed by atoms with E-state index in [1.807, 2.05) is 30.3 Å². The van der Waals surface area contributed by atoms with E-state index in [1.54, 1.807) is 0 Å². The van der Waals surface area contributed by atoms with Crippen LogP contribution in [-0.4, -0.2) is 25.7 Å². The number of hydrogen-bond donors (Lipinski definition) is 1. The number of ether oxygens (including phenoxy) is 2. The molecule has 7 heteroatoms. The highest BCUT2D eigenvalue weighted by Crippen LogP contribution is 2.33. The Hall–Kier alpha value is -2.54. The molecule has 1 N–H and O–H groups in total. The van der Waals surface area contributed by atoms with Crippen molar-refractivity contribution in [3.63, 3.8) is 0 Å². The molecule has 1 aliphatic heterocycles. The first-order chi connectivity index (χ1) is 13.9. The Morgan fingerprint density at radius 2 is 1.83 bits per heavy atom. The van der Waals surface area contributed by atoms with Crippen molar-refractivity contribution >= 4 is 5.97 Å². The molecule has 0 radical (unpaired) electrons. The Labute approximate surface area is 168 Å². The van der Waals surface area contributed by atoms with E-state index >= 15 is 0 Å². The zero-order valence-electron chi connectivity index (χ0n) is 16.1. The molecule has 29 heavy (non-hydrogen) atoms. The van der Waals surface area contributed by atoms with Crippen molar-refractivity contribution in [1.29, 1.82) is 0 Å². The molecule has 0 bridgehead atoms. The lowest BCUT2D eigenvalue weighted by Crippen LogP contribution is -2.42. The molecule has 2 aromatic carbocycles. The number of piperidine rings is 1. The van der Waals surface area contributed by atoms with Crippen LogP contribution in [0.5, 0.6) is 5.75 Å². The van der Waals surface area contributed by atoms with E-state index in [1.165, 1.54) is 19.2 Å². The third-order valence-corrected chi connectivity index (χ3v) is 5.16. The van der Waals surface area contributed by atoms with Crippen LogP contribution in [0.25, 0.3) is 0 Å². The van der Waals surface area contributed by atoms with E-state index in [2.05, 4.69) is 5.32 Å². The van der Waals surface area contributed by atoms with Gasteiger partial charge in [0, 0.05) is 12.5 Å². The number of esters is 1. The molecule has 4 nitrogen and oxygen atoms in total. The van der Waals surface area contributed by atoms with Crippen LogP contribution in [0.3, 0.4) is 0 Å². The molecular weight excluding hydrogens is 383 g/mol. The zero-order valence-corrected chi connectivity index (χ0v) is 16.1. The van der Waals surface area contributed by atoms with Gasteiger partial charge in [0.05, 0.1) is 18.6 Å². The fraction of sp³-hybridized carbons (Fsp3) is 0.409. The van der Waals surface area contributed by atoms with Crippen LogP contribution in [0.1, 0.15) is 36.5 Å². The maximum Gasteiger partial charge on any atom is 0.416 e. The van der Waals surface area contributed by atoms with Crippen LogP contribution in [0, 0.1) is 5.92 Å². The summed E-state index contributed by atoms with van der Waals surface area (Å²) in [6, 6.07) is 14.3. The molecule has 1 heterocycles. The standard InChI is InChI=1S/C22H24F3NO3/c1-28-21(27)16-11-12-26-18(13-16)14-20(15-5-3-2-4-6-15)29-19-9-7-17(8-10-19)22(23,24)25/h2-10,16,18,20,26H,11-14H2,1H3. The van der Waals surface area contributed by atoms with Gasteiger partial charge in [-0.25, -0.2) is 0 Å². The first kappa shape index (κ1) is 21.2. The van der Waals surface area contributed by atoms with E-state index in [9.17, 15) is 18.0 Å². The van der Waals surface area contributed by atoms with E-state index in [4.69, 9.17) is 9.47 Å². The SMILES string of the molecule is COC(=O)C1CCNC(CC(Oc2ccc(C(F)(F)F)cc2)c2ccccc2)C1. The van der Waals surface area contributed by atoms with Crippen molar-refractivity contribution in [2.24, 2.45) is 5.92 Å². The minimum absolute atomic E-state index is 0.0347. The third kappa shape index (κ3) is 5.73. The molecule has 0 aromatic heterocycles. The van der Waals surface area contributed by atoms with Crippen LogP contribution in [-0.2, 0) is 15.7 Å². The number of carbonyl (C=O) groups excluding carboxylic acids is 1. The van der Waals surface area contributed by atoms with Crippen LogP contribution in [0.15, 0.2) is 54.6 Å². The van der Waals surface area contributed by atoms with Crippen molar-refractivity contribution in [2.45, 2.75) is 37.6 Å². The Bertz CT molecular complexity index is 793. The number of hydrogen-bond acceptors (Lipinski definition) is 4. The Morgan fingerprint density at radius 1 is 1.14 bits per heavy atom. The minimum Gasteiger partial charge on any atom is -0.486 e. The quantitative estimate of drug-likeness (QED) is 0.702. The van der Waals surface area contributed by atoms with E-state index in [0.717, 1.165) is 24.1 Å². The average molecular weight is 407 g/mol. The van der Waals surface area contributed by atoms with E-state index in [-0.39, 0.29) is 24.0 Å². The summed E-state index contributed by atoms with van der Waals surface area (Å²) in [7, 11) is 1.39. The van der Waals surface area contributed by atoms with Crippen molar-refractivity contribution in [3.05, 3.63) is 65.7 Å². The molecule has 3 rings (SSSR count). The monoisotopic (exact) mass is 407 g/mol. The molecule has 0 amide bonds. The van der Waals surface area contributed by atoms with Crippen molar-refractivity contribution in [1.82, 2.24) is 5.32 Å². The van der Waals surface area contributed by atoms with Gasteiger partial charge in [0.1, 0.15) is 11.9 Å². The maximum absolute atomic E-state index is 12.8. The molecule has 0 aliphatic carbocycles. The molecule has 1 fully saturated rings. The highest BCUT2D eigenvalue weighted by atomic mass is 19.4. The van der Waals surface area contributed by atoms with Gasteiger partial charge < -0.3 is 14.8 Å². The lowest BCUT2D eigenvalue weighted by molar-refractivity contribution is -0.146. The normalized spacial score (nSPS) is 20.7. The summed E-state index contributed by atoms with van der Waals surface area (Å²) >= 11 is 0. The molecule has 156 valence electrons. The largest absolute Gasteiger partial charge is 0.486 e. The summed E-state index contributed by atoms with van der Waals surface area (Å²) in [6.07, 6.45) is -2.81. The molecule has 0 spiro atoms. The Morgan fingerprint density at radius 3 is 2.45 bits per heavy atom. The van der Waals surface area contributed by atoms with E-state index in [0.29, 0.717) is 25.1 Å². The maximum atomic E-state index is 12.8. The van der Waals surface area contributed by atoms with Gasteiger partial charge in [0.15, 0.2) is 0 Å². The summed E-state index contributed by atoms with van der Waals surface area (Å²) in [5, 5.41) is 3.41. The summed E-state index contributed by atoms with van der Waals surface area (Å²) in [5.74, 6) is -0.00246. The van der Waals surface area contributed by atoms with Gasteiger partial charge in [0.2, 0.25) is 0 Å². The van der Waals surface area contributed by atoms with Crippen LogP contribution in [0.2, 0.25) is 0 Å². The minimum atomic E-state index is -4.38. The number of halogens is 3. The molecule has 1 aliphatic rings. The second-order valence-corrected chi connectivity index (χ2v) is 7.17. The predicted octanol–water partition coefficient (Wildman–Crippen LogP) is 4.76. The van der Waals surface area contributed by atoms with Gasteiger partial charge in [-0.15, -0.1) is 0 Å². The van der Waals surface area contributed by atoms with Gasteiger partial charge in [-0.2, -0.15) is 13.2 Å². The van der Waals surface area contributed by atoms with Crippen molar-refractivity contribution in [2.75, 3.05) is 13.7 Å². The highest BCUT2D eigenvalue weighted by molar-refractivity contribution is 5.72. The van der Waals surface area contributed by atoms with Crippen molar-refractivity contribution in [3.8, 4) is 5.75 Å². The van der Waals surface area contributed by atoms with Gasteiger partial charge in [-0.05, 0) is 49.2 Å². The number of methoxy groups -OCH3 is 1. The van der Waals surface area contributed by atoms with Crippen LogP contribution < -0.4 is 10.1 Å². The van der Waals surface area contributed by atoms with E-state index < -0.39 is 11.7 Å². The van der Waals surface area contributed by atoms with Gasteiger partial charge in [-0.3, -0.25) is 4.79 Å². The smallest absolute Gasteiger partial charge is 0.416 e.